The highest BCUT2D eigenvalue weighted by molar-refractivity contribution is 5.96. The predicted molar refractivity (Wildman–Crippen MR) is 75.2 cm³/mol. The van der Waals surface area contributed by atoms with Gasteiger partial charge in [0.1, 0.15) is 18.8 Å². The lowest BCUT2D eigenvalue weighted by Crippen LogP contribution is -2.27. The van der Waals surface area contributed by atoms with E-state index >= 15 is 0 Å². The number of nitrogens with zero attached hydrogens (tertiary/aromatic N) is 4. The molecule has 0 bridgehead atoms. The van der Waals surface area contributed by atoms with E-state index < -0.39 is 0 Å². The van der Waals surface area contributed by atoms with E-state index in [2.05, 4.69) is 32.3 Å². The molecular weight excluding hydrogens is 270 g/mol. The molecule has 0 spiro atoms. The summed E-state index contributed by atoms with van der Waals surface area (Å²) in [4.78, 5) is 16.1. The van der Waals surface area contributed by atoms with Crippen LogP contribution in [0.4, 0.5) is 0 Å². The molecule has 0 fully saturated rings. The minimum absolute atomic E-state index is 0.234. The molecule has 0 aliphatic heterocycles. The third-order valence-electron chi connectivity index (χ3n) is 2.81. The van der Waals surface area contributed by atoms with Crippen molar-refractivity contribution in [2.24, 2.45) is 7.05 Å². The number of amides is 1. The van der Waals surface area contributed by atoms with Crippen LogP contribution in [0.3, 0.4) is 0 Å². The second kappa shape index (κ2) is 7.17. The molecule has 0 saturated heterocycles. The highest BCUT2D eigenvalue weighted by atomic mass is 16.2. The van der Waals surface area contributed by atoms with E-state index in [1.807, 2.05) is 7.05 Å². The fraction of sp³-hybridized carbons (Fsp3) is 0.286. The Balaban J connectivity index is 1.99. The van der Waals surface area contributed by atoms with E-state index in [1.54, 1.807) is 17.0 Å². The van der Waals surface area contributed by atoms with Gasteiger partial charge in [0.2, 0.25) is 0 Å². The summed E-state index contributed by atoms with van der Waals surface area (Å²) < 4.78 is 1.80. The predicted octanol–water partition coefficient (Wildman–Crippen LogP) is -0.474. The topological polar surface area (TPSA) is 92.9 Å². The molecule has 0 unspecified atom stereocenters. The van der Waals surface area contributed by atoms with Gasteiger partial charge in [0.25, 0.3) is 5.91 Å². The van der Waals surface area contributed by atoms with Gasteiger partial charge in [-0.1, -0.05) is 11.8 Å². The second-order valence-corrected chi connectivity index (χ2v) is 4.25. The van der Waals surface area contributed by atoms with Crippen LogP contribution < -0.4 is 5.32 Å². The number of pyridine rings is 1. The van der Waals surface area contributed by atoms with Crippen LogP contribution in [-0.4, -0.2) is 43.9 Å². The molecule has 2 N–H and O–H groups in total. The third-order valence-corrected chi connectivity index (χ3v) is 2.81. The molecule has 108 valence electrons. The number of rotatable bonds is 4. The Morgan fingerprint density at radius 3 is 3.10 bits per heavy atom. The average molecular weight is 285 g/mol. The van der Waals surface area contributed by atoms with Gasteiger partial charge >= 0.3 is 0 Å². The Hall–Kier alpha value is -2.72. The lowest BCUT2D eigenvalue weighted by atomic mass is 10.1. The monoisotopic (exact) mass is 285 g/mol. The van der Waals surface area contributed by atoms with E-state index in [9.17, 15) is 4.79 Å². The Bertz CT molecular complexity index is 684. The summed E-state index contributed by atoms with van der Waals surface area (Å²) in [5.41, 5.74) is 0.923. The van der Waals surface area contributed by atoms with Crippen molar-refractivity contribution in [3.05, 3.63) is 41.7 Å². The van der Waals surface area contributed by atoms with Gasteiger partial charge in [0.15, 0.2) is 0 Å². The highest BCUT2D eigenvalue weighted by Crippen LogP contribution is 2.05. The van der Waals surface area contributed by atoms with Crippen molar-refractivity contribution in [2.45, 2.75) is 6.42 Å². The molecule has 0 radical (unpaired) electrons. The second-order valence-electron chi connectivity index (χ2n) is 4.25. The van der Waals surface area contributed by atoms with Crippen LogP contribution in [0.5, 0.6) is 0 Å². The van der Waals surface area contributed by atoms with E-state index in [0.29, 0.717) is 24.1 Å². The first-order valence-electron chi connectivity index (χ1n) is 6.37. The van der Waals surface area contributed by atoms with Crippen molar-refractivity contribution >= 4 is 5.91 Å². The molecule has 0 aliphatic rings. The van der Waals surface area contributed by atoms with Gasteiger partial charge in [0.05, 0.1) is 11.1 Å². The number of aliphatic hydroxyl groups is 1. The van der Waals surface area contributed by atoms with Gasteiger partial charge in [-0.15, -0.1) is 10.2 Å². The molecule has 2 heterocycles. The van der Waals surface area contributed by atoms with Gasteiger partial charge in [-0.05, 0) is 6.07 Å². The summed E-state index contributed by atoms with van der Waals surface area (Å²) in [5.74, 6) is 5.78. The van der Waals surface area contributed by atoms with Crippen LogP contribution in [0.2, 0.25) is 0 Å². The molecule has 0 saturated carbocycles. The van der Waals surface area contributed by atoms with Crippen molar-refractivity contribution in [3.63, 3.8) is 0 Å². The van der Waals surface area contributed by atoms with E-state index in [-0.39, 0.29) is 12.5 Å². The van der Waals surface area contributed by atoms with Crippen molar-refractivity contribution in [3.8, 4) is 11.8 Å². The van der Waals surface area contributed by atoms with E-state index in [1.165, 1.54) is 12.4 Å². The minimum Gasteiger partial charge on any atom is -0.384 e. The standard InChI is InChI=1S/C14H15N5O2/c1-19-10-17-18-13(19)5-7-16-14(21)12-4-6-15-9-11(12)3-2-8-20/h4,6,9-10,20H,5,7-8H2,1H3,(H,16,21). The Morgan fingerprint density at radius 2 is 2.38 bits per heavy atom. The quantitative estimate of drug-likeness (QED) is 0.741. The summed E-state index contributed by atoms with van der Waals surface area (Å²) >= 11 is 0. The molecule has 2 aromatic heterocycles. The Labute approximate surface area is 122 Å². The first kappa shape index (κ1) is 14.7. The molecule has 7 nitrogen and oxygen atoms in total. The van der Waals surface area contributed by atoms with Crippen molar-refractivity contribution in [1.29, 1.82) is 0 Å². The fourth-order valence-electron chi connectivity index (χ4n) is 1.74. The molecule has 7 heteroatoms. The van der Waals surface area contributed by atoms with Crippen molar-refractivity contribution in [1.82, 2.24) is 25.1 Å². The zero-order chi connectivity index (χ0) is 15.1. The third kappa shape index (κ3) is 3.87. The summed E-state index contributed by atoms with van der Waals surface area (Å²) in [6.45, 7) is 0.183. The molecule has 21 heavy (non-hydrogen) atoms. The Morgan fingerprint density at radius 1 is 1.52 bits per heavy atom. The average Bonchev–Trinajstić information content (AvgIpc) is 2.91. The molecule has 0 aromatic carbocycles. The maximum absolute atomic E-state index is 12.1. The van der Waals surface area contributed by atoms with Gasteiger partial charge in [-0.2, -0.15) is 0 Å². The summed E-state index contributed by atoms with van der Waals surface area (Å²) in [6, 6.07) is 1.60. The summed E-state index contributed by atoms with van der Waals surface area (Å²) in [5, 5.41) is 19.2. The normalized spacial score (nSPS) is 9.81. The Kier molecular flexibility index (Phi) is 5.01. The van der Waals surface area contributed by atoms with Crippen molar-refractivity contribution < 1.29 is 9.90 Å². The SMILES string of the molecule is Cn1cnnc1CCNC(=O)c1ccncc1C#CCO. The number of hydrogen-bond acceptors (Lipinski definition) is 5. The number of carbonyl (C=O) groups excluding carboxylic acids is 1. The van der Waals surface area contributed by atoms with Crippen LogP contribution in [0.15, 0.2) is 24.8 Å². The zero-order valence-electron chi connectivity index (χ0n) is 11.6. The minimum atomic E-state index is -0.262. The molecule has 2 aromatic rings. The van der Waals surface area contributed by atoms with Crippen LogP contribution >= 0.6 is 0 Å². The van der Waals surface area contributed by atoms with E-state index in [4.69, 9.17) is 5.11 Å². The molecule has 1 amide bonds. The molecule has 0 aliphatic carbocycles. The molecule has 2 rings (SSSR count). The zero-order valence-corrected chi connectivity index (χ0v) is 11.6. The number of aliphatic hydroxyl groups excluding tert-OH is 1. The highest BCUT2D eigenvalue weighted by Gasteiger charge is 2.10. The summed E-state index contributed by atoms with van der Waals surface area (Å²) in [6.07, 6.45) is 5.23. The molecular formula is C14H15N5O2. The number of aromatic nitrogens is 4. The van der Waals surface area contributed by atoms with Crippen LogP contribution in [0.25, 0.3) is 0 Å². The van der Waals surface area contributed by atoms with Crippen molar-refractivity contribution in [2.75, 3.05) is 13.2 Å². The number of aryl methyl sites for hydroxylation is 1. The first-order chi connectivity index (χ1) is 10.2. The first-order valence-corrected chi connectivity index (χ1v) is 6.37. The number of hydrogen-bond donors (Lipinski definition) is 2. The van der Waals surface area contributed by atoms with Gasteiger partial charge in [-0.3, -0.25) is 9.78 Å². The number of carbonyl (C=O) groups is 1. The van der Waals surface area contributed by atoms with Crippen LogP contribution in [0.1, 0.15) is 21.7 Å². The maximum atomic E-state index is 12.1. The largest absolute Gasteiger partial charge is 0.384 e. The van der Waals surface area contributed by atoms with E-state index in [0.717, 1.165) is 5.82 Å². The molecule has 0 atom stereocenters. The van der Waals surface area contributed by atoms with Crippen LogP contribution in [-0.2, 0) is 13.5 Å². The lowest BCUT2D eigenvalue weighted by Gasteiger charge is -2.06. The smallest absolute Gasteiger partial charge is 0.252 e. The fourth-order valence-corrected chi connectivity index (χ4v) is 1.74. The number of nitrogens with one attached hydrogen (secondary N) is 1. The maximum Gasteiger partial charge on any atom is 0.252 e. The van der Waals surface area contributed by atoms with Gasteiger partial charge < -0.3 is 15.0 Å². The van der Waals surface area contributed by atoms with Gasteiger partial charge in [-0.25, -0.2) is 0 Å². The van der Waals surface area contributed by atoms with Gasteiger partial charge in [0, 0.05) is 32.4 Å². The summed E-state index contributed by atoms with van der Waals surface area (Å²) in [7, 11) is 1.85. The van der Waals surface area contributed by atoms with Crippen LogP contribution in [0, 0.1) is 11.8 Å². The lowest BCUT2D eigenvalue weighted by molar-refractivity contribution is 0.0953.